The Labute approximate surface area is 251 Å². The molecule has 3 rings (SSSR count). The number of nitrogens with two attached hydrogens (primary N) is 1. The molecule has 0 aliphatic carbocycles. The number of amides is 3. The number of H-pyrrole nitrogens is 1. The second-order valence-electron chi connectivity index (χ2n) is 10.9. The second kappa shape index (κ2) is 16.7. The minimum atomic E-state index is -0.822. The van der Waals surface area contributed by atoms with Crippen molar-refractivity contribution in [2.45, 2.75) is 65.5 Å². The lowest BCUT2D eigenvalue weighted by Crippen LogP contribution is -2.60. The zero-order chi connectivity index (χ0) is 31.3. The molecule has 1 aromatic carbocycles. The Morgan fingerprint density at radius 1 is 1.12 bits per heavy atom. The number of allylic oxidation sites excluding steroid dienone is 3. The first kappa shape index (κ1) is 34.5. The van der Waals surface area contributed by atoms with Gasteiger partial charge in [-0.15, -0.1) is 0 Å². The summed E-state index contributed by atoms with van der Waals surface area (Å²) in [4.78, 5) is 45.6. The van der Waals surface area contributed by atoms with Crippen LogP contribution in [-0.2, 0) is 27.2 Å². The first-order valence-corrected chi connectivity index (χ1v) is 14.9. The van der Waals surface area contributed by atoms with Gasteiger partial charge in [-0.2, -0.15) is 0 Å². The first-order valence-electron chi connectivity index (χ1n) is 14.9. The highest BCUT2D eigenvalue weighted by Crippen LogP contribution is 2.36. The summed E-state index contributed by atoms with van der Waals surface area (Å²) in [6.45, 7) is 8.32. The average Bonchev–Trinajstić information content (AvgIpc) is 3.43. The van der Waals surface area contributed by atoms with Crippen LogP contribution in [0.5, 0.6) is 0 Å². The molecule has 1 fully saturated rings. The van der Waals surface area contributed by atoms with E-state index >= 15 is 0 Å². The van der Waals surface area contributed by atoms with E-state index in [4.69, 9.17) is 5.73 Å². The van der Waals surface area contributed by atoms with Crippen molar-refractivity contribution in [2.24, 2.45) is 11.1 Å². The van der Waals surface area contributed by atoms with E-state index in [1.165, 1.54) is 0 Å². The summed E-state index contributed by atoms with van der Waals surface area (Å²) < 4.78 is 0. The molecule has 3 amide bonds. The fourth-order valence-corrected chi connectivity index (χ4v) is 5.18. The van der Waals surface area contributed by atoms with Crippen LogP contribution in [0.15, 0.2) is 61.0 Å². The third-order valence-electron chi connectivity index (χ3n) is 7.52. The topological polar surface area (TPSA) is 115 Å². The Kier molecular flexibility index (Phi) is 13.7. The number of carbonyl (C=O) groups is 3. The van der Waals surface area contributed by atoms with Crippen molar-refractivity contribution in [1.29, 1.82) is 0 Å². The van der Waals surface area contributed by atoms with Crippen LogP contribution in [0.4, 0.5) is 0 Å². The van der Waals surface area contributed by atoms with E-state index in [2.05, 4.69) is 10.3 Å². The van der Waals surface area contributed by atoms with E-state index in [9.17, 15) is 14.4 Å². The van der Waals surface area contributed by atoms with Gasteiger partial charge in [-0.1, -0.05) is 68.5 Å². The van der Waals surface area contributed by atoms with Crippen molar-refractivity contribution < 1.29 is 14.4 Å². The molecule has 230 valence electrons. The van der Waals surface area contributed by atoms with Gasteiger partial charge in [0.25, 0.3) is 0 Å². The third kappa shape index (κ3) is 9.16. The molecule has 0 radical (unpaired) electrons. The number of piperidine rings is 1. The van der Waals surface area contributed by atoms with E-state index in [1.54, 1.807) is 28.9 Å². The largest absolute Gasteiger partial charge is 0.367 e. The van der Waals surface area contributed by atoms with Gasteiger partial charge in [0.05, 0.1) is 11.5 Å². The fraction of sp³-hybridized carbons (Fsp3) is 0.485. The molecule has 9 nitrogen and oxygen atoms in total. The number of hydrazine groups is 1. The minimum absolute atomic E-state index is 0.0305. The zero-order valence-corrected chi connectivity index (χ0v) is 26.4. The lowest BCUT2D eigenvalue weighted by molar-refractivity contribution is -0.159. The molecule has 1 aliphatic heterocycles. The smallest absolute Gasteiger partial charge is 0.245 e. The van der Waals surface area contributed by atoms with Crippen LogP contribution in [0.1, 0.15) is 57.2 Å². The van der Waals surface area contributed by atoms with Crippen LogP contribution in [-0.4, -0.2) is 83.9 Å². The van der Waals surface area contributed by atoms with Gasteiger partial charge in [-0.3, -0.25) is 19.4 Å². The molecule has 4 N–H and O–H groups in total. The number of nitrogens with zero attached hydrogens (tertiary/aromatic N) is 3. The van der Waals surface area contributed by atoms with E-state index in [0.717, 1.165) is 16.7 Å². The van der Waals surface area contributed by atoms with Crippen LogP contribution < -0.4 is 11.1 Å². The molecule has 3 atom stereocenters. The summed E-state index contributed by atoms with van der Waals surface area (Å²) in [5, 5.41) is 6.26. The quantitative estimate of drug-likeness (QED) is 0.277. The number of hydrogen-bond donors (Lipinski definition) is 3. The van der Waals surface area contributed by atoms with Crippen molar-refractivity contribution in [3.63, 3.8) is 0 Å². The molecule has 1 aliphatic rings. The van der Waals surface area contributed by atoms with E-state index in [-0.39, 0.29) is 18.4 Å². The van der Waals surface area contributed by atoms with E-state index in [1.807, 2.05) is 102 Å². The van der Waals surface area contributed by atoms with Crippen LogP contribution in [0, 0.1) is 5.41 Å². The Bertz CT molecular complexity index is 1200. The van der Waals surface area contributed by atoms with Crippen LogP contribution in [0.2, 0.25) is 0 Å². The van der Waals surface area contributed by atoms with E-state index < -0.39 is 23.4 Å². The van der Waals surface area contributed by atoms with Crippen LogP contribution in [0.3, 0.4) is 0 Å². The highest BCUT2D eigenvalue weighted by Gasteiger charge is 2.46. The minimum Gasteiger partial charge on any atom is -0.367 e. The lowest BCUT2D eigenvalue weighted by Gasteiger charge is -2.45. The van der Waals surface area contributed by atoms with Crippen molar-refractivity contribution in [2.75, 3.05) is 34.2 Å². The predicted molar refractivity (Wildman–Crippen MR) is 170 cm³/mol. The van der Waals surface area contributed by atoms with Crippen molar-refractivity contribution in [3.8, 4) is 0 Å². The standard InChI is InChI=1S/C31H44N6O3.C2H6/c1-6-7-9-15-25-20-33-21-26(25)18-27(34-28(38)23(2)32)29(39)37-17-12-16-31(22-37,30(40)36(5)35(3)4)19-24-13-10-8-11-14-24;1-2/h6-11,13-15,20-21,23,27,33H,12,16-19,22,32H2,1-5H3,(H,34,38);1-2H3/b7-6-,15-9-;/t23?,27-,31?;/m1./s1. The van der Waals surface area contributed by atoms with Gasteiger partial charge in [0, 0.05) is 53.0 Å². The molecule has 2 unspecified atom stereocenters. The Morgan fingerprint density at radius 3 is 2.43 bits per heavy atom. The highest BCUT2D eigenvalue weighted by atomic mass is 16.2. The van der Waals surface area contributed by atoms with Crippen LogP contribution >= 0.6 is 0 Å². The molecule has 0 spiro atoms. The molecule has 2 aromatic rings. The number of carbonyl (C=O) groups excluding carboxylic acids is 3. The van der Waals surface area contributed by atoms with Gasteiger partial charge in [-0.05, 0) is 49.8 Å². The molecule has 9 heteroatoms. The van der Waals surface area contributed by atoms with E-state index in [0.29, 0.717) is 32.2 Å². The fourth-order valence-electron chi connectivity index (χ4n) is 5.18. The number of aromatic nitrogens is 1. The molecule has 2 heterocycles. The average molecular weight is 579 g/mol. The maximum Gasteiger partial charge on any atom is 0.245 e. The number of aromatic amines is 1. The van der Waals surface area contributed by atoms with Gasteiger partial charge in [-0.25, -0.2) is 5.01 Å². The third-order valence-corrected chi connectivity index (χ3v) is 7.52. The van der Waals surface area contributed by atoms with Gasteiger partial charge in [0.2, 0.25) is 17.7 Å². The first-order chi connectivity index (χ1) is 20.1. The zero-order valence-electron chi connectivity index (χ0n) is 26.4. The Hall–Kier alpha value is -3.69. The van der Waals surface area contributed by atoms with Gasteiger partial charge >= 0.3 is 0 Å². The maximum atomic E-state index is 14.1. The normalized spacial score (nSPS) is 18.5. The molecular formula is C33H50N6O3. The number of hydrogen-bond acceptors (Lipinski definition) is 5. The summed E-state index contributed by atoms with van der Waals surface area (Å²) in [6, 6.07) is 8.34. The maximum absolute atomic E-state index is 14.1. The number of likely N-dealkylation sites (tertiary alicyclic amines) is 1. The molecule has 0 saturated carbocycles. The van der Waals surface area contributed by atoms with Crippen molar-refractivity contribution in [1.82, 2.24) is 25.2 Å². The summed E-state index contributed by atoms with van der Waals surface area (Å²) in [5.74, 6) is -0.635. The Morgan fingerprint density at radius 2 is 1.81 bits per heavy atom. The highest BCUT2D eigenvalue weighted by molar-refractivity contribution is 5.91. The number of nitrogens with one attached hydrogen (secondary N) is 2. The summed E-state index contributed by atoms with van der Waals surface area (Å²) in [7, 11) is 5.42. The second-order valence-corrected chi connectivity index (χ2v) is 10.9. The Balaban J connectivity index is 0.00000301. The van der Waals surface area contributed by atoms with Crippen molar-refractivity contribution >= 4 is 23.8 Å². The summed E-state index contributed by atoms with van der Waals surface area (Å²) >= 11 is 0. The summed E-state index contributed by atoms with van der Waals surface area (Å²) in [6.07, 6.45) is 13.6. The molecule has 1 saturated heterocycles. The van der Waals surface area contributed by atoms with Gasteiger partial charge < -0.3 is 20.9 Å². The molecule has 1 aromatic heterocycles. The molecule has 42 heavy (non-hydrogen) atoms. The van der Waals surface area contributed by atoms with Crippen molar-refractivity contribution in [3.05, 3.63) is 77.6 Å². The predicted octanol–water partition coefficient (Wildman–Crippen LogP) is 3.79. The summed E-state index contributed by atoms with van der Waals surface area (Å²) in [5.41, 5.74) is 7.95. The monoisotopic (exact) mass is 578 g/mol. The van der Waals surface area contributed by atoms with Gasteiger partial charge in [0.15, 0.2) is 0 Å². The number of rotatable bonds is 11. The lowest BCUT2D eigenvalue weighted by atomic mass is 9.74. The molecular weight excluding hydrogens is 528 g/mol. The van der Waals surface area contributed by atoms with Gasteiger partial charge in [0.1, 0.15) is 6.04 Å². The number of benzene rings is 1. The SMILES string of the molecule is C/C=C\C=C/c1c[nH]cc1C[C@@H](NC(=O)C(C)N)C(=O)N1CCCC(Cc2ccccc2)(C(=O)N(C)N(C)C)C1.CC. The molecule has 0 bridgehead atoms. The van der Waals surface area contributed by atoms with Crippen LogP contribution in [0.25, 0.3) is 6.08 Å².